The molecular weight excluding hydrogens is 719 g/mol. The minimum atomic E-state index is -5.11. The largest absolute Gasteiger partial charge is 0.472 e. The van der Waals surface area contributed by atoms with Crippen LogP contribution in [0.25, 0.3) is 0 Å². The van der Waals surface area contributed by atoms with Gasteiger partial charge in [0.15, 0.2) is 6.10 Å². The van der Waals surface area contributed by atoms with Crippen LogP contribution in [0.1, 0.15) is 174 Å². The topological polar surface area (TPSA) is 210 Å². The molecule has 6 N–H and O–H groups in total. The van der Waals surface area contributed by atoms with Crippen LogP contribution < -0.4 is 0 Å². The number of carbonyl (C=O) groups is 2. The normalized spacial score (nSPS) is 23.3. The summed E-state index contributed by atoms with van der Waals surface area (Å²) in [4.78, 5) is 35.5. The van der Waals surface area contributed by atoms with Crippen LogP contribution in [0.15, 0.2) is 12.2 Å². The Morgan fingerprint density at radius 3 is 1.43 bits per heavy atom. The van der Waals surface area contributed by atoms with Gasteiger partial charge in [-0.05, 0) is 38.5 Å². The minimum absolute atomic E-state index is 0.0976. The van der Waals surface area contributed by atoms with Crippen molar-refractivity contribution >= 4 is 19.8 Å². The summed E-state index contributed by atoms with van der Waals surface area (Å²) in [5, 5.41) is 49.9. The Bertz CT molecular complexity index is 1010. The van der Waals surface area contributed by atoms with Crippen LogP contribution in [-0.2, 0) is 32.7 Å². The molecular formula is C40H75O13P. The number of unbranched alkanes of at least 4 members (excludes halogenated alkanes) is 20. The summed E-state index contributed by atoms with van der Waals surface area (Å²) in [6.45, 7) is 3.25. The number of hydrogen-bond donors (Lipinski definition) is 6. The third-order valence-electron chi connectivity index (χ3n) is 9.86. The summed E-state index contributed by atoms with van der Waals surface area (Å²) in [6, 6.07) is 0. The van der Waals surface area contributed by atoms with Crippen molar-refractivity contribution in [2.24, 2.45) is 0 Å². The van der Waals surface area contributed by atoms with Crippen LogP contribution in [0.2, 0.25) is 0 Å². The lowest BCUT2D eigenvalue weighted by Crippen LogP contribution is -2.64. The fourth-order valence-electron chi connectivity index (χ4n) is 6.40. The van der Waals surface area contributed by atoms with Crippen molar-refractivity contribution in [1.82, 2.24) is 0 Å². The molecule has 0 saturated heterocycles. The average Bonchev–Trinajstić information content (AvgIpc) is 3.15. The highest BCUT2D eigenvalue weighted by molar-refractivity contribution is 7.47. The highest BCUT2D eigenvalue weighted by Crippen LogP contribution is 2.47. The van der Waals surface area contributed by atoms with E-state index in [0.29, 0.717) is 12.8 Å². The molecule has 0 heterocycles. The molecule has 318 valence electrons. The number of esters is 2. The van der Waals surface area contributed by atoms with Crippen LogP contribution >= 0.6 is 7.82 Å². The number of carbonyl (C=O) groups excluding carboxylic acids is 2. The van der Waals surface area contributed by atoms with Crippen molar-refractivity contribution in [3.63, 3.8) is 0 Å². The van der Waals surface area contributed by atoms with Gasteiger partial charge < -0.3 is 39.9 Å². The molecule has 0 bridgehead atoms. The number of ether oxygens (including phenoxy) is 2. The highest BCUT2D eigenvalue weighted by Gasteiger charge is 2.51. The Kier molecular flexibility index (Phi) is 29.7. The fourth-order valence-corrected chi connectivity index (χ4v) is 7.37. The molecule has 1 aliphatic carbocycles. The Hall–Kier alpha value is -1.41. The van der Waals surface area contributed by atoms with Gasteiger partial charge in [-0.15, -0.1) is 0 Å². The molecule has 0 aromatic carbocycles. The number of phosphoric acid groups is 1. The van der Waals surface area contributed by atoms with Gasteiger partial charge >= 0.3 is 19.8 Å². The number of allylic oxidation sites excluding steroid dienone is 2. The van der Waals surface area contributed by atoms with Gasteiger partial charge in [-0.3, -0.25) is 18.6 Å². The molecule has 0 spiro atoms. The lowest BCUT2D eigenvalue weighted by molar-refractivity contribution is -0.220. The third kappa shape index (κ3) is 24.3. The van der Waals surface area contributed by atoms with Crippen LogP contribution in [0.5, 0.6) is 0 Å². The number of hydrogen-bond acceptors (Lipinski definition) is 12. The second-order valence-corrected chi connectivity index (χ2v) is 16.3. The summed E-state index contributed by atoms with van der Waals surface area (Å²) in [6.07, 6.45) is 17.2. The van der Waals surface area contributed by atoms with E-state index >= 15 is 0 Å². The van der Waals surface area contributed by atoms with Gasteiger partial charge in [0, 0.05) is 12.8 Å². The van der Waals surface area contributed by atoms with Crippen LogP contribution in [0.4, 0.5) is 0 Å². The van der Waals surface area contributed by atoms with Crippen LogP contribution in [-0.4, -0.2) is 98.3 Å². The molecule has 13 nitrogen and oxygen atoms in total. The van der Waals surface area contributed by atoms with Crippen LogP contribution in [0.3, 0.4) is 0 Å². The molecule has 1 saturated carbocycles. The van der Waals surface area contributed by atoms with Gasteiger partial charge in [0.25, 0.3) is 0 Å². The van der Waals surface area contributed by atoms with E-state index in [1.54, 1.807) is 0 Å². The van der Waals surface area contributed by atoms with E-state index in [-0.39, 0.29) is 12.8 Å². The molecule has 14 heteroatoms. The summed E-state index contributed by atoms with van der Waals surface area (Å²) < 4.78 is 33.3. The van der Waals surface area contributed by atoms with E-state index in [2.05, 4.69) is 26.0 Å². The maximum atomic E-state index is 12.7. The first kappa shape index (κ1) is 50.6. The average molecular weight is 795 g/mol. The van der Waals surface area contributed by atoms with Gasteiger partial charge in [0.1, 0.15) is 43.2 Å². The maximum Gasteiger partial charge on any atom is 0.472 e. The van der Waals surface area contributed by atoms with Crippen molar-refractivity contribution in [3.8, 4) is 0 Å². The van der Waals surface area contributed by atoms with Crippen molar-refractivity contribution in [2.45, 2.75) is 217 Å². The highest BCUT2D eigenvalue weighted by atomic mass is 31.2. The predicted octanol–water partition coefficient (Wildman–Crippen LogP) is 7.11. The first-order valence-electron chi connectivity index (χ1n) is 21.0. The molecule has 6 unspecified atom stereocenters. The molecule has 0 aliphatic heterocycles. The molecule has 0 aromatic rings. The molecule has 54 heavy (non-hydrogen) atoms. The second-order valence-electron chi connectivity index (χ2n) is 14.8. The lowest BCUT2D eigenvalue weighted by atomic mass is 9.85. The zero-order valence-corrected chi connectivity index (χ0v) is 34.2. The van der Waals surface area contributed by atoms with Gasteiger partial charge in [-0.2, -0.15) is 0 Å². The van der Waals surface area contributed by atoms with E-state index < -0.39 is 75.7 Å². The summed E-state index contributed by atoms with van der Waals surface area (Å²) in [7, 11) is -5.11. The summed E-state index contributed by atoms with van der Waals surface area (Å²) in [5.74, 6) is -1.11. The van der Waals surface area contributed by atoms with E-state index in [9.17, 15) is 44.6 Å². The first-order chi connectivity index (χ1) is 25.9. The fraction of sp³-hybridized carbons (Fsp3) is 0.900. The van der Waals surface area contributed by atoms with Crippen molar-refractivity contribution in [3.05, 3.63) is 12.2 Å². The molecule has 0 radical (unpaired) electrons. The van der Waals surface area contributed by atoms with E-state index in [1.165, 1.54) is 83.5 Å². The van der Waals surface area contributed by atoms with Gasteiger partial charge in [-0.1, -0.05) is 135 Å². The molecule has 0 amide bonds. The van der Waals surface area contributed by atoms with Gasteiger partial charge in [0.05, 0.1) is 6.61 Å². The Balaban J connectivity index is 2.50. The molecule has 1 rings (SSSR count). The summed E-state index contributed by atoms with van der Waals surface area (Å²) in [5.41, 5.74) is 0. The number of aliphatic hydroxyl groups excluding tert-OH is 5. The molecule has 1 aliphatic rings. The van der Waals surface area contributed by atoms with Gasteiger partial charge in [0.2, 0.25) is 0 Å². The Morgan fingerprint density at radius 1 is 0.556 bits per heavy atom. The Labute approximate surface area is 324 Å². The molecule has 8 atom stereocenters. The quantitative estimate of drug-likeness (QED) is 0.0166. The Morgan fingerprint density at radius 2 is 0.944 bits per heavy atom. The van der Waals surface area contributed by atoms with Gasteiger partial charge in [-0.25, -0.2) is 4.57 Å². The number of phosphoric ester groups is 1. The van der Waals surface area contributed by atoms with E-state index in [4.69, 9.17) is 18.5 Å². The zero-order valence-electron chi connectivity index (χ0n) is 33.3. The zero-order chi connectivity index (χ0) is 40.0. The number of rotatable bonds is 34. The SMILES string of the molecule is CCCCCCCCCC/C=C/CCCCCC(=O)OC[C@H](COP(=O)(O)OC1C(O)C(O)C(O)[C@@H](O)C1O)OC(=O)CCCCCCCCCCCC. The first-order valence-corrected chi connectivity index (χ1v) is 22.5. The van der Waals surface area contributed by atoms with E-state index in [0.717, 1.165) is 51.4 Å². The lowest BCUT2D eigenvalue weighted by Gasteiger charge is -2.41. The monoisotopic (exact) mass is 794 g/mol. The van der Waals surface area contributed by atoms with Crippen LogP contribution in [0, 0.1) is 0 Å². The minimum Gasteiger partial charge on any atom is -0.462 e. The predicted molar refractivity (Wildman–Crippen MR) is 207 cm³/mol. The second kappa shape index (κ2) is 31.6. The van der Waals surface area contributed by atoms with Crippen molar-refractivity contribution < 1.29 is 63.1 Å². The standard InChI is InChI=1S/C40H75O13P/c1-3-5-7-9-11-13-15-16-17-18-19-21-22-24-26-28-33(41)50-30-32(52-34(42)29-27-25-23-20-14-12-10-8-6-4-2)31-51-54(48,49)53-40-38(46)36(44)35(43)37(45)39(40)47/h18-19,32,35-40,43-47H,3-17,20-31H2,1-2H3,(H,48,49)/b19-18+/t32-,35?,36-,37?,38?,39?,40?/m1/s1. The smallest absolute Gasteiger partial charge is 0.462 e. The number of aliphatic hydroxyl groups is 5. The van der Waals surface area contributed by atoms with Crippen molar-refractivity contribution in [1.29, 1.82) is 0 Å². The molecule has 1 fully saturated rings. The van der Waals surface area contributed by atoms with Crippen molar-refractivity contribution in [2.75, 3.05) is 13.2 Å². The van der Waals surface area contributed by atoms with E-state index in [1.807, 2.05) is 0 Å². The molecule has 0 aromatic heterocycles. The maximum absolute atomic E-state index is 12.7. The third-order valence-corrected chi connectivity index (χ3v) is 10.8. The summed E-state index contributed by atoms with van der Waals surface area (Å²) >= 11 is 0.